The van der Waals surface area contributed by atoms with Crippen molar-refractivity contribution >= 4 is 11.5 Å². The Balaban J connectivity index is 2.27. The van der Waals surface area contributed by atoms with Gasteiger partial charge in [0.2, 0.25) is 0 Å². The molecule has 1 N–H and O–H groups in total. The summed E-state index contributed by atoms with van der Waals surface area (Å²) in [5.41, 5.74) is 1.12. The van der Waals surface area contributed by atoms with Crippen LogP contribution in [0.4, 0.5) is 5.69 Å². The number of rotatable bonds is 1. The van der Waals surface area contributed by atoms with Gasteiger partial charge in [-0.25, -0.2) is 5.01 Å². The van der Waals surface area contributed by atoms with Gasteiger partial charge in [-0.1, -0.05) is 18.2 Å². The third kappa shape index (κ3) is 1.49. The number of hydrogen-bond acceptors (Lipinski definition) is 3. The summed E-state index contributed by atoms with van der Waals surface area (Å²) in [4.78, 5) is 0. The standard InChI is InChI=1S/C10H13N3/c1-8-11-9(2)13(12-8)10-6-4-3-5-7-10/h3-7,9H,1-2H3,(H,11,12). The van der Waals surface area contributed by atoms with Crippen molar-refractivity contribution in [2.24, 2.45) is 5.10 Å². The lowest BCUT2D eigenvalue weighted by Crippen LogP contribution is -2.34. The van der Waals surface area contributed by atoms with Gasteiger partial charge < -0.3 is 5.32 Å². The van der Waals surface area contributed by atoms with Gasteiger partial charge in [-0.3, -0.25) is 0 Å². The van der Waals surface area contributed by atoms with Gasteiger partial charge in [0.1, 0.15) is 12.0 Å². The van der Waals surface area contributed by atoms with E-state index >= 15 is 0 Å². The molecule has 0 aromatic heterocycles. The topological polar surface area (TPSA) is 27.6 Å². The summed E-state index contributed by atoms with van der Waals surface area (Å²) in [6.45, 7) is 4.06. The fraction of sp³-hybridized carbons (Fsp3) is 0.300. The zero-order valence-electron chi connectivity index (χ0n) is 7.86. The second-order valence-corrected chi connectivity index (χ2v) is 3.19. The Bertz CT molecular complexity index is 318. The third-order valence-electron chi connectivity index (χ3n) is 2.06. The van der Waals surface area contributed by atoms with Crippen molar-refractivity contribution in [2.75, 3.05) is 5.01 Å². The summed E-state index contributed by atoms with van der Waals surface area (Å²) in [6, 6.07) is 10.2. The number of nitrogens with zero attached hydrogens (tertiary/aromatic N) is 2. The van der Waals surface area contributed by atoms with Crippen molar-refractivity contribution < 1.29 is 0 Å². The molecular formula is C10H13N3. The second kappa shape index (κ2) is 3.09. The fourth-order valence-corrected chi connectivity index (χ4v) is 1.50. The van der Waals surface area contributed by atoms with Crippen LogP contribution in [0.3, 0.4) is 0 Å². The Labute approximate surface area is 78.1 Å². The highest BCUT2D eigenvalue weighted by molar-refractivity contribution is 5.83. The first-order valence-electron chi connectivity index (χ1n) is 4.43. The van der Waals surface area contributed by atoms with Crippen molar-refractivity contribution in [3.8, 4) is 0 Å². The van der Waals surface area contributed by atoms with E-state index < -0.39 is 0 Å². The highest BCUT2D eigenvalue weighted by Gasteiger charge is 2.19. The summed E-state index contributed by atoms with van der Waals surface area (Å²) in [6.07, 6.45) is 0.252. The quantitative estimate of drug-likeness (QED) is 0.704. The van der Waals surface area contributed by atoms with Crippen LogP contribution in [0.25, 0.3) is 0 Å². The molecule has 3 heteroatoms. The Kier molecular flexibility index (Phi) is 1.93. The smallest absolute Gasteiger partial charge is 0.121 e. The number of hydrogen-bond donors (Lipinski definition) is 1. The largest absolute Gasteiger partial charge is 0.351 e. The molecule has 0 saturated carbocycles. The average molecular weight is 175 g/mol. The zero-order valence-corrected chi connectivity index (χ0v) is 7.86. The van der Waals surface area contributed by atoms with Crippen molar-refractivity contribution in [1.82, 2.24) is 5.32 Å². The molecule has 3 nitrogen and oxygen atoms in total. The van der Waals surface area contributed by atoms with E-state index in [-0.39, 0.29) is 6.17 Å². The summed E-state index contributed by atoms with van der Waals surface area (Å²) in [7, 11) is 0. The minimum absolute atomic E-state index is 0.252. The monoisotopic (exact) mass is 175 g/mol. The predicted octanol–water partition coefficient (Wildman–Crippen LogP) is 1.78. The molecule has 0 radical (unpaired) electrons. The molecule has 1 aliphatic heterocycles. The molecule has 1 atom stereocenters. The van der Waals surface area contributed by atoms with Gasteiger partial charge >= 0.3 is 0 Å². The van der Waals surface area contributed by atoms with E-state index in [1.165, 1.54) is 0 Å². The van der Waals surface area contributed by atoms with E-state index in [0.717, 1.165) is 11.5 Å². The Morgan fingerprint density at radius 2 is 2.00 bits per heavy atom. The molecule has 0 fully saturated rings. The van der Waals surface area contributed by atoms with Crippen molar-refractivity contribution in [1.29, 1.82) is 0 Å². The molecule has 1 heterocycles. The molecule has 0 amide bonds. The highest BCUT2D eigenvalue weighted by Crippen LogP contribution is 2.18. The maximum absolute atomic E-state index is 4.38. The Morgan fingerprint density at radius 1 is 1.31 bits per heavy atom. The lowest BCUT2D eigenvalue weighted by atomic mass is 10.3. The van der Waals surface area contributed by atoms with Crippen LogP contribution in [0.2, 0.25) is 0 Å². The van der Waals surface area contributed by atoms with Crippen LogP contribution in [-0.2, 0) is 0 Å². The fourth-order valence-electron chi connectivity index (χ4n) is 1.50. The van der Waals surface area contributed by atoms with Gasteiger partial charge in [-0.15, -0.1) is 0 Å². The molecular weight excluding hydrogens is 162 g/mol. The van der Waals surface area contributed by atoms with Gasteiger partial charge in [0.05, 0.1) is 5.69 Å². The Morgan fingerprint density at radius 3 is 2.54 bits per heavy atom. The molecule has 13 heavy (non-hydrogen) atoms. The van der Waals surface area contributed by atoms with Crippen LogP contribution in [-0.4, -0.2) is 12.0 Å². The third-order valence-corrected chi connectivity index (χ3v) is 2.06. The van der Waals surface area contributed by atoms with E-state index in [4.69, 9.17) is 0 Å². The molecule has 1 unspecified atom stereocenters. The molecule has 1 aliphatic rings. The number of anilines is 1. The lowest BCUT2D eigenvalue weighted by Gasteiger charge is -2.19. The van der Waals surface area contributed by atoms with E-state index in [1.807, 2.05) is 30.1 Å². The van der Waals surface area contributed by atoms with Crippen molar-refractivity contribution in [2.45, 2.75) is 20.0 Å². The van der Waals surface area contributed by atoms with Gasteiger partial charge in [0, 0.05) is 0 Å². The first-order chi connectivity index (χ1) is 6.27. The predicted molar refractivity (Wildman–Crippen MR) is 54.6 cm³/mol. The van der Waals surface area contributed by atoms with Gasteiger partial charge in [-0.05, 0) is 26.0 Å². The number of para-hydroxylation sites is 1. The molecule has 1 aromatic carbocycles. The van der Waals surface area contributed by atoms with Gasteiger partial charge in [-0.2, -0.15) is 5.10 Å². The molecule has 0 bridgehead atoms. The normalized spacial score (nSPS) is 21.2. The minimum Gasteiger partial charge on any atom is -0.351 e. The van der Waals surface area contributed by atoms with Crippen LogP contribution >= 0.6 is 0 Å². The van der Waals surface area contributed by atoms with Gasteiger partial charge in [0.15, 0.2) is 0 Å². The number of hydrazone groups is 1. The second-order valence-electron chi connectivity index (χ2n) is 3.19. The van der Waals surface area contributed by atoms with Gasteiger partial charge in [0.25, 0.3) is 0 Å². The van der Waals surface area contributed by atoms with Crippen LogP contribution in [0.1, 0.15) is 13.8 Å². The van der Waals surface area contributed by atoms with E-state index in [0.29, 0.717) is 0 Å². The van der Waals surface area contributed by atoms with Crippen LogP contribution < -0.4 is 10.3 Å². The SMILES string of the molecule is CC1=NN(c2ccccc2)C(C)N1. The molecule has 0 saturated heterocycles. The van der Waals surface area contributed by atoms with Crippen LogP contribution in [0, 0.1) is 0 Å². The number of nitrogens with one attached hydrogen (secondary N) is 1. The van der Waals surface area contributed by atoms with E-state index in [1.54, 1.807) is 0 Å². The van der Waals surface area contributed by atoms with E-state index in [2.05, 4.69) is 29.5 Å². The average Bonchev–Trinajstić information content (AvgIpc) is 2.47. The zero-order chi connectivity index (χ0) is 9.26. The van der Waals surface area contributed by atoms with Crippen molar-refractivity contribution in [3.63, 3.8) is 0 Å². The van der Waals surface area contributed by atoms with E-state index in [9.17, 15) is 0 Å². The molecule has 2 rings (SSSR count). The first kappa shape index (κ1) is 8.10. The van der Waals surface area contributed by atoms with Crippen LogP contribution in [0.5, 0.6) is 0 Å². The molecule has 68 valence electrons. The van der Waals surface area contributed by atoms with Crippen LogP contribution in [0.15, 0.2) is 35.4 Å². The molecule has 0 aliphatic carbocycles. The molecule has 1 aromatic rings. The summed E-state index contributed by atoms with van der Waals surface area (Å²) in [5, 5.41) is 9.60. The maximum Gasteiger partial charge on any atom is 0.121 e. The summed E-state index contributed by atoms with van der Waals surface area (Å²) >= 11 is 0. The highest BCUT2D eigenvalue weighted by atomic mass is 15.6. The molecule has 0 spiro atoms. The number of amidine groups is 1. The van der Waals surface area contributed by atoms with Crippen molar-refractivity contribution in [3.05, 3.63) is 30.3 Å². The summed E-state index contributed by atoms with van der Waals surface area (Å²) in [5.74, 6) is 0.969. The Hall–Kier alpha value is -1.51. The summed E-state index contributed by atoms with van der Waals surface area (Å²) < 4.78 is 0. The maximum atomic E-state index is 4.38. The lowest BCUT2D eigenvalue weighted by molar-refractivity contribution is 0.669. The number of benzene rings is 1. The minimum atomic E-state index is 0.252. The first-order valence-corrected chi connectivity index (χ1v) is 4.43.